The number of nitrogens with zero attached hydrogens (tertiary/aromatic N) is 2. The van der Waals surface area contributed by atoms with Crippen molar-refractivity contribution in [2.24, 2.45) is 0 Å². The topological polar surface area (TPSA) is 103 Å². The number of methoxy groups -OCH3 is 2. The molecule has 1 aromatic heterocycles. The number of carbonyl (C=O) groups excluding carboxylic acids is 1. The number of ether oxygens (including phenoxy) is 2. The van der Waals surface area contributed by atoms with E-state index in [1.54, 1.807) is 18.2 Å². The lowest BCUT2D eigenvalue weighted by Crippen LogP contribution is -2.14. The summed E-state index contributed by atoms with van der Waals surface area (Å²) in [6.45, 7) is 0. The van der Waals surface area contributed by atoms with Crippen LogP contribution in [0.3, 0.4) is 0 Å². The minimum Gasteiger partial charge on any atom is -0.493 e. The first kappa shape index (κ1) is 16.7. The minimum atomic E-state index is -1.11. The van der Waals surface area contributed by atoms with Crippen LogP contribution in [-0.2, 0) is 4.79 Å². The van der Waals surface area contributed by atoms with E-state index in [2.05, 4.69) is 10.3 Å². The zero-order valence-electron chi connectivity index (χ0n) is 12.5. The van der Waals surface area contributed by atoms with Crippen molar-refractivity contribution in [2.75, 3.05) is 25.3 Å². The van der Waals surface area contributed by atoms with Gasteiger partial charge in [-0.15, -0.1) is 0 Å². The third-order valence-electron chi connectivity index (χ3n) is 2.79. The number of hydrogen-bond donors (Lipinski definition) is 2. The van der Waals surface area contributed by atoms with Crippen molar-refractivity contribution in [1.29, 1.82) is 0 Å². The molecule has 0 spiro atoms. The summed E-state index contributed by atoms with van der Waals surface area (Å²) in [6, 6.07) is 5.04. The maximum absolute atomic E-state index is 11.9. The molecule has 0 bridgehead atoms. The van der Waals surface area contributed by atoms with Gasteiger partial charge >= 0.3 is 5.97 Å². The zero-order chi connectivity index (χ0) is 16.8. The highest BCUT2D eigenvalue weighted by molar-refractivity contribution is 7.98. The molecule has 0 aliphatic carbocycles. The molecule has 2 N–H and O–H groups in total. The summed E-state index contributed by atoms with van der Waals surface area (Å²) >= 11 is 1.13. The van der Waals surface area contributed by atoms with Crippen molar-refractivity contribution in [3.8, 4) is 11.5 Å². The molecule has 0 atom stereocenters. The van der Waals surface area contributed by atoms with E-state index in [-0.39, 0.29) is 17.4 Å². The second-order valence-corrected chi connectivity index (χ2v) is 5.28. The number of rotatable bonds is 7. The van der Waals surface area contributed by atoms with Gasteiger partial charge in [0, 0.05) is 11.8 Å². The molecular formula is C14H15N3O5S. The summed E-state index contributed by atoms with van der Waals surface area (Å²) in [7, 11) is 3.04. The predicted octanol–water partition coefficient (Wildman–Crippen LogP) is 1.73. The van der Waals surface area contributed by atoms with E-state index in [0.29, 0.717) is 17.2 Å². The van der Waals surface area contributed by atoms with Gasteiger partial charge in [0.2, 0.25) is 5.91 Å². The summed E-state index contributed by atoms with van der Waals surface area (Å²) in [4.78, 5) is 26.3. The van der Waals surface area contributed by atoms with Crippen LogP contribution < -0.4 is 14.8 Å². The number of aromatic nitrogens is 2. The molecule has 0 unspecified atom stereocenters. The van der Waals surface area contributed by atoms with E-state index >= 15 is 0 Å². The van der Waals surface area contributed by atoms with Gasteiger partial charge in [-0.1, -0.05) is 0 Å². The number of anilines is 1. The number of imidazole rings is 1. The van der Waals surface area contributed by atoms with Gasteiger partial charge in [0.05, 0.1) is 26.2 Å². The predicted molar refractivity (Wildman–Crippen MR) is 85.2 cm³/mol. The number of aromatic carboxylic acids is 1. The Balaban J connectivity index is 1.92. The molecule has 2 rings (SSSR count). The normalized spacial score (nSPS) is 10.2. The highest BCUT2D eigenvalue weighted by Crippen LogP contribution is 2.29. The minimum absolute atomic E-state index is 0.0715. The Kier molecular flexibility index (Phi) is 5.47. The Morgan fingerprint density at radius 1 is 1.30 bits per heavy atom. The second kappa shape index (κ2) is 7.54. The summed E-state index contributed by atoms with van der Waals surface area (Å²) in [5.74, 6) is -0.172. The number of benzene rings is 1. The van der Waals surface area contributed by atoms with Gasteiger partial charge in [-0.25, -0.2) is 9.78 Å². The Morgan fingerprint density at radius 3 is 2.65 bits per heavy atom. The van der Waals surface area contributed by atoms with Crippen LogP contribution in [0.1, 0.15) is 10.5 Å². The fourth-order valence-electron chi connectivity index (χ4n) is 1.73. The average Bonchev–Trinajstić information content (AvgIpc) is 3.02. The van der Waals surface area contributed by atoms with E-state index in [4.69, 9.17) is 14.6 Å². The van der Waals surface area contributed by atoms with Gasteiger partial charge in [-0.3, -0.25) is 8.77 Å². The van der Waals surface area contributed by atoms with Gasteiger partial charge < -0.3 is 19.9 Å². The summed E-state index contributed by atoms with van der Waals surface area (Å²) in [5, 5.41) is 11.5. The van der Waals surface area contributed by atoms with Gasteiger partial charge in [-0.05, 0) is 24.1 Å². The monoisotopic (exact) mass is 337 g/mol. The number of carboxylic acids is 1. The number of nitrogens with one attached hydrogen (secondary N) is 1. The molecule has 1 aromatic carbocycles. The van der Waals surface area contributed by atoms with E-state index in [1.807, 2.05) is 0 Å². The van der Waals surface area contributed by atoms with E-state index in [0.717, 1.165) is 11.9 Å². The lowest BCUT2D eigenvalue weighted by atomic mass is 10.2. The van der Waals surface area contributed by atoms with Crippen LogP contribution in [0.25, 0.3) is 0 Å². The molecule has 0 aliphatic heterocycles. The highest BCUT2D eigenvalue weighted by atomic mass is 32.2. The quantitative estimate of drug-likeness (QED) is 0.793. The number of hydrogen-bond acceptors (Lipinski definition) is 6. The van der Waals surface area contributed by atoms with Crippen LogP contribution in [0.5, 0.6) is 11.5 Å². The molecule has 0 fully saturated rings. The molecule has 122 valence electrons. The van der Waals surface area contributed by atoms with E-state index in [1.165, 1.54) is 30.7 Å². The summed E-state index contributed by atoms with van der Waals surface area (Å²) in [5.41, 5.74) is 0.503. The van der Waals surface area contributed by atoms with Gasteiger partial charge in [0.25, 0.3) is 0 Å². The van der Waals surface area contributed by atoms with Crippen molar-refractivity contribution >= 4 is 29.5 Å². The first-order valence-corrected chi connectivity index (χ1v) is 7.40. The van der Waals surface area contributed by atoms with Crippen molar-refractivity contribution in [3.05, 3.63) is 36.4 Å². The van der Waals surface area contributed by atoms with Crippen LogP contribution in [0.15, 0.2) is 30.7 Å². The molecule has 1 heterocycles. The lowest BCUT2D eigenvalue weighted by molar-refractivity contribution is -0.113. The average molecular weight is 337 g/mol. The molecule has 0 radical (unpaired) electrons. The third-order valence-corrected chi connectivity index (χ3v) is 3.68. The smallest absolute Gasteiger partial charge is 0.356 e. The van der Waals surface area contributed by atoms with Crippen molar-refractivity contribution in [2.45, 2.75) is 0 Å². The molecule has 1 amide bonds. The van der Waals surface area contributed by atoms with Crippen LogP contribution in [0, 0.1) is 0 Å². The standard InChI is InChI=1S/C14H15N3O5S/c1-21-11-4-3-9(5-12(11)22-2)16-13(18)7-23-17-6-10(14(19)20)15-8-17/h3-6,8H,7H2,1-2H3,(H,16,18)(H,19,20). The van der Waals surface area contributed by atoms with Gasteiger partial charge in [0.1, 0.15) is 6.33 Å². The maximum Gasteiger partial charge on any atom is 0.356 e. The lowest BCUT2D eigenvalue weighted by Gasteiger charge is -2.10. The Labute approximate surface area is 136 Å². The summed E-state index contributed by atoms with van der Waals surface area (Å²) < 4.78 is 11.8. The van der Waals surface area contributed by atoms with Crippen molar-refractivity contribution in [3.63, 3.8) is 0 Å². The number of carbonyl (C=O) groups is 2. The van der Waals surface area contributed by atoms with E-state index < -0.39 is 5.97 Å². The molecule has 0 saturated heterocycles. The molecule has 9 heteroatoms. The Morgan fingerprint density at radius 2 is 2.04 bits per heavy atom. The van der Waals surface area contributed by atoms with Gasteiger partial charge in [-0.2, -0.15) is 0 Å². The van der Waals surface area contributed by atoms with Gasteiger partial charge in [0.15, 0.2) is 17.2 Å². The number of carboxylic acid groups (broad SMARTS) is 1. The second-order valence-electron chi connectivity index (χ2n) is 4.32. The molecule has 0 aliphatic rings. The SMILES string of the molecule is COc1ccc(NC(=O)CSn2cnc(C(=O)O)c2)cc1OC. The largest absolute Gasteiger partial charge is 0.493 e. The first-order valence-electron chi connectivity index (χ1n) is 6.46. The van der Waals surface area contributed by atoms with Crippen molar-refractivity contribution in [1.82, 2.24) is 8.96 Å². The number of amides is 1. The Bertz CT molecular complexity index is 716. The zero-order valence-corrected chi connectivity index (χ0v) is 13.3. The third kappa shape index (κ3) is 4.39. The van der Waals surface area contributed by atoms with Crippen LogP contribution >= 0.6 is 11.9 Å². The fraction of sp³-hybridized carbons (Fsp3) is 0.214. The molecule has 0 saturated carbocycles. The van der Waals surface area contributed by atoms with Crippen LogP contribution in [-0.4, -0.2) is 45.9 Å². The van der Waals surface area contributed by atoms with Crippen LogP contribution in [0.2, 0.25) is 0 Å². The maximum atomic E-state index is 11.9. The Hall–Kier alpha value is -2.68. The first-order chi connectivity index (χ1) is 11.0. The summed E-state index contributed by atoms with van der Waals surface area (Å²) in [6.07, 6.45) is 2.69. The molecular weight excluding hydrogens is 322 g/mol. The molecule has 8 nitrogen and oxygen atoms in total. The molecule has 23 heavy (non-hydrogen) atoms. The highest BCUT2D eigenvalue weighted by Gasteiger charge is 2.10. The van der Waals surface area contributed by atoms with Crippen molar-refractivity contribution < 1.29 is 24.2 Å². The molecule has 2 aromatic rings. The van der Waals surface area contributed by atoms with E-state index in [9.17, 15) is 9.59 Å². The fourth-order valence-corrected chi connectivity index (χ4v) is 2.36. The van der Waals surface area contributed by atoms with Crippen LogP contribution in [0.4, 0.5) is 5.69 Å².